The number of aliphatic hydroxyl groups excluding tert-OH is 1. The Hall–Kier alpha value is -1.36. The van der Waals surface area contributed by atoms with E-state index in [0.717, 1.165) is 17.9 Å². The van der Waals surface area contributed by atoms with Crippen LogP contribution in [-0.4, -0.2) is 24.4 Å². The first kappa shape index (κ1) is 16.0. The van der Waals surface area contributed by atoms with E-state index in [9.17, 15) is 5.11 Å². The zero-order valence-corrected chi connectivity index (χ0v) is 13.7. The number of rotatable bonds is 7. The van der Waals surface area contributed by atoms with Crippen molar-refractivity contribution in [2.45, 2.75) is 33.4 Å². The molecule has 0 bridgehead atoms. The number of hydrogen-bond acceptors (Lipinski definition) is 4. The van der Waals surface area contributed by atoms with E-state index < -0.39 is 6.10 Å². The molecule has 2 rings (SSSR count). The fourth-order valence-corrected chi connectivity index (χ4v) is 3.01. The van der Waals surface area contributed by atoms with E-state index in [4.69, 9.17) is 4.74 Å². The third kappa shape index (κ3) is 5.16. The van der Waals surface area contributed by atoms with Gasteiger partial charge in [-0.25, -0.2) is 0 Å². The van der Waals surface area contributed by atoms with Crippen LogP contribution in [0.25, 0.3) is 0 Å². The van der Waals surface area contributed by atoms with Gasteiger partial charge in [0.05, 0.1) is 0 Å². The Kier molecular flexibility index (Phi) is 5.79. The van der Waals surface area contributed by atoms with Gasteiger partial charge in [-0.15, -0.1) is 11.3 Å². The normalized spacial score (nSPS) is 12.4. The minimum Gasteiger partial charge on any atom is -0.491 e. The number of benzene rings is 1. The van der Waals surface area contributed by atoms with Gasteiger partial charge in [-0.05, 0) is 44.5 Å². The van der Waals surface area contributed by atoms with Crippen LogP contribution in [0.2, 0.25) is 0 Å². The predicted molar refractivity (Wildman–Crippen MR) is 88.2 cm³/mol. The van der Waals surface area contributed by atoms with Crippen molar-refractivity contribution in [3.63, 3.8) is 0 Å². The second-order valence-corrected chi connectivity index (χ2v) is 6.75. The van der Waals surface area contributed by atoms with Crippen molar-refractivity contribution >= 4 is 11.3 Å². The van der Waals surface area contributed by atoms with Crippen molar-refractivity contribution in [2.75, 3.05) is 13.2 Å². The van der Waals surface area contributed by atoms with Gasteiger partial charge in [0.25, 0.3) is 0 Å². The highest BCUT2D eigenvalue weighted by molar-refractivity contribution is 7.11. The molecule has 1 unspecified atom stereocenters. The molecule has 0 fully saturated rings. The highest BCUT2D eigenvalue weighted by Crippen LogP contribution is 2.18. The first-order chi connectivity index (χ1) is 10.0. The summed E-state index contributed by atoms with van der Waals surface area (Å²) in [6.45, 7) is 7.80. The molecular formula is C17H23NO2S. The first-order valence-electron chi connectivity index (χ1n) is 7.19. The monoisotopic (exact) mass is 305 g/mol. The fourth-order valence-electron chi connectivity index (χ4n) is 2.15. The summed E-state index contributed by atoms with van der Waals surface area (Å²) < 4.78 is 5.67. The average Bonchev–Trinajstić information content (AvgIpc) is 2.83. The molecule has 1 aromatic carbocycles. The van der Waals surface area contributed by atoms with E-state index in [1.54, 1.807) is 11.3 Å². The molecule has 0 radical (unpaired) electrons. The van der Waals surface area contributed by atoms with Gasteiger partial charge in [-0.3, -0.25) is 0 Å². The summed E-state index contributed by atoms with van der Waals surface area (Å²) in [7, 11) is 0. The zero-order chi connectivity index (χ0) is 15.2. The fraction of sp³-hybridized carbons (Fsp3) is 0.412. The minimum atomic E-state index is -0.508. The van der Waals surface area contributed by atoms with Crippen LogP contribution in [0.4, 0.5) is 0 Å². The Morgan fingerprint density at radius 3 is 2.67 bits per heavy atom. The van der Waals surface area contributed by atoms with Crippen LogP contribution in [0.5, 0.6) is 5.75 Å². The lowest BCUT2D eigenvalue weighted by molar-refractivity contribution is 0.106. The maximum absolute atomic E-state index is 9.96. The predicted octanol–water partition coefficient (Wildman–Crippen LogP) is 3.20. The van der Waals surface area contributed by atoms with Crippen LogP contribution in [-0.2, 0) is 6.54 Å². The lowest BCUT2D eigenvalue weighted by Crippen LogP contribution is -2.31. The maximum atomic E-state index is 9.96. The van der Waals surface area contributed by atoms with Gasteiger partial charge in [-0.1, -0.05) is 17.7 Å². The molecule has 2 N–H and O–H groups in total. The molecule has 1 atom stereocenters. The number of aryl methyl sites for hydroxylation is 3. The van der Waals surface area contributed by atoms with Crippen molar-refractivity contribution in [2.24, 2.45) is 0 Å². The Morgan fingerprint density at radius 1 is 1.19 bits per heavy atom. The highest BCUT2D eigenvalue weighted by Gasteiger charge is 2.07. The molecule has 2 aromatic rings. The number of nitrogens with one attached hydrogen (secondary N) is 1. The third-order valence-electron chi connectivity index (χ3n) is 3.24. The Balaban J connectivity index is 1.70. The molecule has 114 valence electrons. The standard InChI is InChI=1S/C17H23NO2S/c1-12-4-7-17(13(2)8-12)20-11-15(19)9-18-10-16-6-5-14(3)21-16/h4-8,15,18-19H,9-11H2,1-3H3. The molecule has 4 heteroatoms. The van der Waals surface area contributed by atoms with Crippen molar-refractivity contribution in [3.8, 4) is 5.75 Å². The number of hydrogen-bond donors (Lipinski definition) is 2. The minimum absolute atomic E-state index is 0.306. The summed E-state index contributed by atoms with van der Waals surface area (Å²) in [5.41, 5.74) is 2.32. The van der Waals surface area contributed by atoms with E-state index in [0.29, 0.717) is 13.2 Å². The summed E-state index contributed by atoms with van der Waals surface area (Å²) >= 11 is 1.78. The SMILES string of the molecule is Cc1ccc(OCC(O)CNCc2ccc(C)s2)c(C)c1. The second-order valence-electron chi connectivity index (χ2n) is 5.38. The van der Waals surface area contributed by atoms with Crippen LogP contribution in [0, 0.1) is 20.8 Å². The molecule has 0 aliphatic carbocycles. The summed E-state index contributed by atoms with van der Waals surface area (Å²) in [5, 5.41) is 13.2. The van der Waals surface area contributed by atoms with Crippen LogP contribution in [0.15, 0.2) is 30.3 Å². The van der Waals surface area contributed by atoms with Crippen molar-refractivity contribution in [1.82, 2.24) is 5.32 Å². The van der Waals surface area contributed by atoms with E-state index in [2.05, 4.69) is 37.4 Å². The lowest BCUT2D eigenvalue weighted by Gasteiger charge is -2.14. The Labute approximate surface area is 130 Å². The Morgan fingerprint density at radius 2 is 2.00 bits per heavy atom. The van der Waals surface area contributed by atoms with E-state index >= 15 is 0 Å². The molecule has 3 nitrogen and oxygen atoms in total. The maximum Gasteiger partial charge on any atom is 0.122 e. The topological polar surface area (TPSA) is 41.5 Å². The molecule has 1 aromatic heterocycles. The van der Waals surface area contributed by atoms with Crippen LogP contribution < -0.4 is 10.1 Å². The van der Waals surface area contributed by atoms with Gasteiger partial charge >= 0.3 is 0 Å². The molecule has 0 saturated carbocycles. The van der Waals surface area contributed by atoms with E-state index in [1.807, 2.05) is 19.1 Å². The van der Waals surface area contributed by atoms with Gasteiger partial charge in [0.1, 0.15) is 18.5 Å². The molecule has 0 saturated heterocycles. The molecular weight excluding hydrogens is 282 g/mol. The van der Waals surface area contributed by atoms with E-state index in [-0.39, 0.29) is 0 Å². The first-order valence-corrected chi connectivity index (χ1v) is 8.00. The molecule has 0 amide bonds. The molecule has 0 aliphatic rings. The zero-order valence-electron chi connectivity index (χ0n) is 12.8. The molecule has 1 heterocycles. The second kappa shape index (κ2) is 7.59. The van der Waals surface area contributed by atoms with E-state index in [1.165, 1.54) is 15.3 Å². The summed E-state index contributed by atoms with van der Waals surface area (Å²) in [5.74, 6) is 0.841. The summed E-state index contributed by atoms with van der Waals surface area (Å²) in [6.07, 6.45) is -0.508. The Bertz CT molecular complexity index is 580. The smallest absolute Gasteiger partial charge is 0.122 e. The molecule has 0 aliphatic heterocycles. The summed E-state index contributed by atoms with van der Waals surface area (Å²) in [6, 6.07) is 10.3. The lowest BCUT2D eigenvalue weighted by atomic mass is 10.1. The number of thiophene rings is 1. The van der Waals surface area contributed by atoms with Gasteiger partial charge in [0, 0.05) is 22.8 Å². The van der Waals surface area contributed by atoms with Gasteiger partial charge in [-0.2, -0.15) is 0 Å². The van der Waals surface area contributed by atoms with Crippen molar-refractivity contribution in [3.05, 3.63) is 51.2 Å². The van der Waals surface area contributed by atoms with Gasteiger partial charge < -0.3 is 15.2 Å². The largest absolute Gasteiger partial charge is 0.491 e. The van der Waals surface area contributed by atoms with Crippen LogP contribution in [0.3, 0.4) is 0 Å². The third-order valence-corrected chi connectivity index (χ3v) is 4.24. The molecule has 21 heavy (non-hydrogen) atoms. The van der Waals surface area contributed by atoms with Crippen LogP contribution in [0.1, 0.15) is 20.9 Å². The van der Waals surface area contributed by atoms with Crippen LogP contribution >= 0.6 is 11.3 Å². The average molecular weight is 305 g/mol. The molecule has 0 spiro atoms. The van der Waals surface area contributed by atoms with Gasteiger partial charge in [0.15, 0.2) is 0 Å². The van der Waals surface area contributed by atoms with Crippen molar-refractivity contribution in [1.29, 1.82) is 0 Å². The van der Waals surface area contributed by atoms with Gasteiger partial charge in [0.2, 0.25) is 0 Å². The highest BCUT2D eigenvalue weighted by atomic mass is 32.1. The number of ether oxygens (including phenoxy) is 1. The summed E-state index contributed by atoms with van der Waals surface area (Å²) in [4.78, 5) is 2.60. The van der Waals surface area contributed by atoms with Crippen molar-refractivity contribution < 1.29 is 9.84 Å². The number of aliphatic hydroxyl groups is 1. The quantitative estimate of drug-likeness (QED) is 0.825.